The normalized spacial score (nSPS) is 15.7. The van der Waals surface area contributed by atoms with Crippen LogP contribution in [0.4, 0.5) is 5.82 Å². The minimum atomic E-state index is -0.0975. The number of hydrogen-bond acceptors (Lipinski definition) is 3. The number of carbonyl (C=O) groups excluding carboxylic acids is 1. The average Bonchev–Trinajstić information content (AvgIpc) is 3.10. The van der Waals surface area contributed by atoms with E-state index < -0.39 is 0 Å². The number of anilines is 1. The van der Waals surface area contributed by atoms with Gasteiger partial charge in [0.25, 0.3) is 0 Å². The summed E-state index contributed by atoms with van der Waals surface area (Å²) in [5, 5.41) is 14.2. The van der Waals surface area contributed by atoms with Gasteiger partial charge in [0.05, 0.1) is 12.1 Å². The Hall–Kier alpha value is -2.11. The van der Waals surface area contributed by atoms with Gasteiger partial charge in [-0.2, -0.15) is 10.2 Å². The number of aromatic amines is 1. The molecule has 0 saturated heterocycles. The molecule has 1 amide bonds. The molecule has 20 heavy (non-hydrogen) atoms. The molecule has 1 atom stereocenters. The van der Waals surface area contributed by atoms with E-state index in [4.69, 9.17) is 0 Å². The van der Waals surface area contributed by atoms with Crippen molar-refractivity contribution in [2.45, 2.75) is 31.6 Å². The zero-order chi connectivity index (χ0) is 13.9. The molecule has 1 radical (unpaired) electrons. The maximum Gasteiger partial charge on any atom is 0.231 e. The van der Waals surface area contributed by atoms with Crippen LogP contribution in [0.5, 0.6) is 0 Å². The first-order valence-corrected chi connectivity index (χ1v) is 6.86. The van der Waals surface area contributed by atoms with Gasteiger partial charge in [-0.1, -0.05) is 0 Å². The van der Waals surface area contributed by atoms with Gasteiger partial charge in [-0.05, 0) is 31.7 Å². The molecule has 105 valence electrons. The van der Waals surface area contributed by atoms with Crippen molar-refractivity contribution < 1.29 is 4.79 Å². The van der Waals surface area contributed by atoms with E-state index in [1.54, 1.807) is 4.68 Å². The van der Waals surface area contributed by atoms with Gasteiger partial charge in [0.15, 0.2) is 5.82 Å². The van der Waals surface area contributed by atoms with E-state index in [1.807, 2.05) is 25.4 Å². The third-order valence-electron chi connectivity index (χ3n) is 3.59. The Labute approximate surface area is 117 Å². The Morgan fingerprint density at radius 1 is 1.60 bits per heavy atom. The van der Waals surface area contributed by atoms with Crippen molar-refractivity contribution in [3.63, 3.8) is 0 Å². The van der Waals surface area contributed by atoms with Gasteiger partial charge in [0.2, 0.25) is 5.91 Å². The molecule has 6 nitrogen and oxygen atoms in total. The third-order valence-corrected chi connectivity index (χ3v) is 3.59. The first-order chi connectivity index (χ1) is 9.70. The van der Waals surface area contributed by atoms with Crippen molar-refractivity contribution >= 4 is 11.7 Å². The van der Waals surface area contributed by atoms with E-state index in [9.17, 15) is 4.79 Å². The number of carbonyl (C=O) groups is 1. The number of H-pyrrole nitrogens is 1. The molecule has 1 fully saturated rings. The zero-order valence-corrected chi connectivity index (χ0v) is 11.5. The summed E-state index contributed by atoms with van der Waals surface area (Å²) in [7, 11) is 1.83. The number of amides is 1. The van der Waals surface area contributed by atoms with Gasteiger partial charge >= 0.3 is 0 Å². The predicted octanol–water partition coefficient (Wildman–Crippen LogP) is 1.80. The Morgan fingerprint density at radius 3 is 3.20 bits per heavy atom. The fraction of sp³-hybridized carbons (Fsp3) is 0.429. The Morgan fingerprint density at radius 2 is 2.50 bits per heavy atom. The first-order valence-electron chi connectivity index (χ1n) is 6.86. The van der Waals surface area contributed by atoms with E-state index in [-0.39, 0.29) is 12.3 Å². The number of aryl methyl sites for hydroxylation is 1. The zero-order valence-electron chi connectivity index (χ0n) is 11.5. The van der Waals surface area contributed by atoms with Crippen LogP contribution in [-0.4, -0.2) is 25.9 Å². The summed E-state index contributed by atoms with van der Waals surface area (Å²) in [5.74, 6) is 1.01. The van der Waals surface area contributed by atoms with E-state index in [0.717, 1.165) is 30.7 Å². The summed E-state index contributed by atoms with van der Waals surface area (Å²) < 4.78 is 1.69. The maximum absolute atomic E-state index is 11.9. The van der Waals surface area contributed by atoms with Crippen LogP contribution < -0.4 is 5.32 Å². The van der Waals surface area contributed by atoms with Crippen molar-refractivity contribution in [3.8, 4) is 0 Å². The molecular formula is C14H18N5O. The quantitative estimate of drug-likeness (QED) is 0.891. The number of nitrogens with zero attached hydrogens (tertiary/aromatic N) is 3. The van der Waals surface area contributed by atoms with Gasteiger partial charge in [-0.15, -0.1) is 0 Å². The number of rotatable bonds is 4. The smallest absolute Gasteiger partial charge is 0.231 e. The van der Waals surface area contributed by atoms with Gasteiger partial charge in [0, 0.05) is 30.9 Å². The molecule has 0 aliphatic heterocycles. The maximum atomic E-state index is 11.9. The van der Waals surface area contributed by atoms with Crippen LogP contribution in [0.1, 0.15) is 36.6 Å². The van der Waals surface area contributed by atoms with Gasteiger partial charge < -0.3 is 5.32 Å². The minimum absolute atomic E-state index is 0.0975. The van der Waals surface area contributed by atoms with Crippen molar-refractivity contribution in [1.29, 1.82) is 0 Å². The van der Waals surface area contributed by atoms with E-state index >= 15 is 0 Å². The van der Waals surface area contributed by atoms with Gasteiger partial charge in [-0.3, -0.25) is 14.6 Å². The third kappa shape index (κ3) is 2.89. The lowest BCUT2D eigenvalue weighted by Crippen LogP contribution is -2.15. The highest BCUT2D eigenvalue weighted by atomic mass is 16.1. The summed E-state index contributed by atoms with van der Waals surface area (Å²) >= 11 is 0. The second kappa shape index (κ2) is 5.48. The molecular weight excluding hydrogens is 254 g/mol. The molecule has 1 aliphatic rings. The molecule has 2 aromatic rings. The van der Waals surface area contributed by atoms with Crippen LogP contribution >= 0.6 is 0 Å². The van der Waals surface area contributed by atoms with Crippen LogP contribution in [-0.2, 0) is 18.3 Å². The molecule has 1 saturated carbocycles. The summed E-state index contributed by atoms with van der Waals surface area (Å²) in [6.45, 7) is 0. The van der Waals surface area contributed by atoms with Crippen molar-refractivity contribution in [3.05, 3.63) is 36.1 Å². The van der Waals surface area contributed by atoms with Crippen LogP contribution in [0.2, 0.25) is 0 Å². The van der Waals surface area contributed by atoms with Crippen molar-refractivity contribution in [1.82, 2.24) is 20.0 Å². The summed E-state index contributed by atoms with van der Waals surface area (Å²) in [4.78, 5) is 11.9. The van der Waals surface area contributed by atoms with Gasteiger partial charge in [-0.25, -0.2) is 0 Å². The molecule has 2 heterocycles. The van der Waals surface area contributed by atoms with Crippen molar-refractivity contribution in [2.24, 2.45) is 7.05 Å². The lowest BCUT2D eigenvalue weighted by molar-refractivity contribution is -0.115. The molecule has 0 spiro atoms. The summed E-state index contributed by atoms with van der Waals surface area (Å²) in [5.41, 5.74) is 1.86. The second-order valence-corrected chi connectivity index (χ2v) is 5.21. The number of aromatic nitrogens is 4. The van der Waals surface area contributed by atoms with Crippen LogP contribution in [0.3, 0.4) is 0 Å². The molecule has 3 rings (SSSR count). The summed E-state index contributed by atoms with van der Waals surface area (Å²) in [6, 6.07) is 3.77. The number of nitrogens with one attached hydrogen (secondary N) is 2. The monoisotopic (exact) mass is 272 g/mol. The van der Waals surface area contributed by atoms with Gasteiger partial charge in [0.1, 0.15) is 0 Å². The molecule has 1 aliphatic carbocycles. The SMILES string of the molecule is Cn1ccc(CC(=O)Nc2cc([C@H]3C[CH]CC3)[nH]n2)n1. The largest absolute Gasteiger partial charge is 0.309 e. The highest BCUT2D eigenvalue weighted by Gasteiger charge is 2.19. The topological polar surface area (TPSA) is 75.6 Å². The minimum Gasteiger partial charge on any atom is -0.309 e. The molecule has 2 aromatic heterocycles. The average molecular weight is 272 g/mol. The fourth-order valence-corrected chi connectivity index (χ4v) is 2.56. The lowest BCUT2D eigenvalue weighted by Gasteiger charge is -2.03. The molecule has 0 bridgehead atoms. The number of hydrogen-bond donors (Lipinski definition) is 2. The standard InChI is InChI=1S/C14H18N5O/c1-19-7-6-11(18-19)8-14(20)15-13-9-12(16-17-13)10-4-2-3-5-10/h2,6-7,9-10H,3-5,8H2,1H3,(H2,15,16,17,20)/t10-/m0/s1. The van der Waals surface area contributed by atoms with Crippen molar-refractivity contribution in [2.75, 3.05) is 5.32 Å². The Kier molecular flexibility index (Phi) is 3.54. The van der Waals surface area contributed by atoms with E-state index in [1.165, 1.54) is 0 Å². The van der Waals surface area contributed by atoms with E-state index in [0.29, 0.717) is 11.7 Å². The van der Waals surface area contributed by atoms with Crippen LogP contribution in [0, 0.1) is 6.42 Å². The highest BCUT2D eigenvalue weighted by molar-refractivity contribution is 5.91. The Bertz CT molecular complexity index is 594. The van der Waals surface area contributed by atoms with Crippen LogP contribution in [0.15, 0.2) is 18.3 Å². The molecule has 2 N–H and O–H groups in total. The van der Waals surface area contributed by atoms with E-state index in [2.05, 4.69) is 27.0 Å². The lowest BCUT2D eigenvalue weighted by atomic mass is 10.0. The fourth-order valence-electron chi connectivity index (χ4n) is 2.56. The first kappa shape index (κ1) is 12.9. The molecule has 0 unspecified atom stereocenters. The summed E-state index contributed by atoms with van der Waals surface area (Å²) in [6.07, 6.45) is 7.79. The van der Waals surface area contributed by atoms with Crippen LogP contribution in [0.25, 0.3) is 0 Å². The second-order valence-electron chi connectivity index (χ2n) is 5.21. The highest BCUT2D eigenvalue weighted by Crippen LogP contribution is 2.32. The molecule has 0 aromatic carbocycles. The Balaban J connectivity index is 1.58. The predicted molar refractivity (Wildman–Crippen MR) is 75.0 cm³/mol. The molecule has 6 heteroatoms.